The van der Waals surface area contributed by atoms with Crippen LogP contribution in [0.4, 0.5) is 8.78 Å². The highest BCUT2D eigenvalue weighted by atomic mass is 19.3. The van der Waals surface area contributed by atoms with Gasteiger partial charge in [0.1, 0.15) is 28.5 Å². The van der Waals surface area contributed by atoms with Gasteiger partial charge in [0.05, 0.1) is 25.6 Å². The molecule has 2 fully saturated rings. The minimum absolute atomic E-state index is 0.0512. The van der Waals surface area contributed by atoms with Crippen LogP contribution in [0.1, 0.15) is 42.5 Å². The fraction of sp³-hybridized carbons (Fsp3) is 0.440. The minimum atomic E-state index is -3.09. The van der Waals surface area contributed by atoms with E-state index in [1.54, 1.807) is 12.3 Å². The summed E-state index contributed by atoms with van der Waals surface area (Å²) in [4.78, 5) is 17.2. The highest BCUT2D eigenvalue weighted by Gasteiger charge is 2.29. The molecule has 1 saturated carbocycles. The number of methoxy groups -OCH3 is 1. The van der Waals surface area contributed by atoms with E-state index in [2.05, 4.69) is 15.6 Å². The lowest BCUT2D eigenvalue weighted by atomic mass is 10.1. The molecule has 10 heteroatoms. The van der Waals surface area contributed by atoms with Gasteiger partial charge in [-0.1, -0.05) is 0 Å². The molecule has 0 spiro atoms. The van der Waals surface area contributed by atoms with Gasteiger partial charge in [0, 0.05) is 29.9 Å². The molecule has 1 aliphatic carbocycles. The molecule has 186 valence electrons. The molecule has 0 bridgehead atoms. The summed E-state index contributed by atoms with van der Waals surface area (Å²) in [5, 5.41) is 6.26. The molecule has 1 atom stereocenters. The number of halogens is 2. The second kappa shape index (κ2) is 10.1. The third kappa shape index (κ3) is 5.32. The molecule has 1 saturated heterocycles. The van der Waals surface area contributed by atoms with Crippen LogP contribution in [-0.4, -0.2) is 54.2 Å². The van der Waals surface area contributed by atoms with Crippen LogP contribution >= 0.6 is 0 Å². The van der Waals surface area contributed by atoms with Gasteiger partial charge < -0.3 is 24.8 Å². The number of carbonyl (C=O) groups excluding carboxylic acids is 1. The van der Waals surface area contributed by atoms with Crippen molar-refractivity contribution in [3.8, 4) is 28.5 Å². The van der Waals surface area contributed by atoms with Crippen LogP contribution < -0.4 is 24.8 Å². The average Bonchev–Trinajstić information content (AvgIpc) is 3.31. The van der Waals surface area contributed by atoms with Crippen LogP contribution in [-0.2, 0) is 0 Å². The van der Waals surface area contributed by atoms with E-state index in [4.69, 9.17) is 14.2 Å². The number of hydrogen-bond acceptors (Lipinski definition) is 6. The number of carbonyl (C=O) groups is 1. The van der Waals surface area contributed by atoms with E-state index in [-0.39, 0.29) is 23.1 Å². The van der Waals surface area contributed by atoms with Crippen LogP contribution in [0.2, 0.25) is 0 Å². The van der Waals surface area contributed by atoms with Gasteiger partial charge in [-0.15, -0.1) is 0 Å². The number of imidazole rings is 1. The number of alkyl halides is 2. The summed E-state index contributed by atoms with van der Waals surface area (Å²) < 4.78 is 44.3. The highest BCUT2D eigenvalue weighted by Crippen LogP contribution is 2.37. The fourth-order valence-electron chi connectivity index (χ4n) is 4.38. The number of amides is 1. The largest absolute Gasteiger partial charge is 0.496 e. The number of benzene rings is 1. The Kier molecular flexibility index (Phi) is 6.72. The zero-order valence-electron chi connectivity index (χ0n) is 19.4. The quantitative estimate of drug-likeness (QED) is 0.450. The van der Waals surface area contributed by atoms with Crippen molar-refractivity contribution >= 4 is 11.6 Å². The Morgan fingerprint density at radius 3 is 2.80 bits per heavy atom. The molecule has 1 aromatic carbocycles. The topological polar surface area (TPSA) is 86.1 Å². The third-order valence-electron chi connectivity index (χ3n) is 6.32. The Morgan fingerprint density at radius 1 is 1.26 bits per heavy atom. The molecule has 3 aromatic rings. The van der Waals surface area contributed by atoms with Gasteiger partial charge in [0.2, 0.25) is 0 Å². The van der Waals surface area contributed by atoms with Gasteiger partial charge in [-0.25, -0.2) is 4.98 Å². The third-order valence-corrected chi connectivity index (χ3v) is 6.32. The average molecular weight is 487 g/mol. The summed E-state index contributed by atoms with van der Waals surface area (Å²) in [6.45, 7) is -1.42. The van der Waals surface area contributed by atoms with Crippen LogP contribution in [0.15, 0.2) is 36.7 Å². The summed E-state index contributed by atoms with van der Waals surface area (Å²) in [7, 11) is 1.39. The van der Waals surface area contributed by atoms with Crippen LogP contribution in [0.3, 0.4) is 0 Å². The number of nitrogens with one attached hydrogen (secondary N) is 2. The maximum Gasteiger partial charge on any atom is 0.387 e. The van der Waals surface area contributed by atoms with Gasteiger partial charge in [0.15, 0.2) is 0 Å². The summed E-state index contributed by atoms with van der Waals surface area (Å²) in [5.74, 6) is 0.105. The summed E-state index contributed by atoms with van der Waals surface area (Å²) in [5.41, 5.74) is 1.74. The highest BCUT2D eigenvalue weighted by molar-refractivity contribution is 6.01. The van der Waals surface area contributed by atoms with Crippen LogP contribution in [0.5, 0.6) is 17.2 Å². The van der Waals surface area contributed by atoms with E-state index in [9.17, 15) is 13.6 Å². The number of ether oxygens (including phenoxy) is 3. The number of rotatable bonds is 10. The molecular weight excluding hydrogens is 458 g/mol. The SMILES string of the molecule is COc1cc(-c2cnc3cc(OCCC4CCCN4)ccn23)cc(OC(F)F)c1C(=O)NC1CC1. The van der Waals surface area contributed by atoms with Crippen LogP contribution in [0, 0.1) is 0 Å². The molecule has 3 heterocycles. The molecule has 2 aromatic heterocycles. The normalized spacial score (nSPS) is 17.7. The Bertz CT molecular complexity index is 1210. The number of pyridine rings is 1. The molecule has 1 unspecified atom stereocenters. The van der Waals surface area contributed by atoms with Gasteiger partial charge >= 0.3 is 6.61 Å². The van der Waals surface area contributed by atoms with E-state index in [1.165, 1.54) is 26.0 Å². The first kappa shape index (κ1) is 23.3. The maximum atomic E-state index is 13.2. The van der Waals surface area contributed by atoms with E-state index in [0.717, 1.165) is 25.8 Å². The second-order valence-corrected chi connectivity index (χ2v) is 8.84. The molecular formula is C25H28F2N4O4. The summed E-state index contributed by atoms with van der Waals surface area (Å²) in [6.07, 6.45) is 8.49. The molecule has 1 amide bonds. The first-order valence-electron chi connectivity index (χ1n) is 11.8. The second-order valence-electron chi connectivity index (χ2n) is 8.84. The smallest absolute Gasteiger partial charge is 0.387 e. The number of aromatic nitrogens is 2. The van der Waals surface area contributed by atoms with Crippen molar-refractivity contribution in [1.82, 2.24) is 20.0 Å². The van der Waals surface area contributed by atoms with Crippen molar-refractivity contribution in [2.75, 3.05) is 20.3 Å². The first-order valence-corrected chi connectivity index (χ1v) is 11.8. The standard InChI is InChI=1S/C25H28F2N4O4/c1-33-20-11-15(12-21(35-25(26)27)23(20)24(32)30-17-4-5-17)19-14-29-22-13-18(6-9-31(19)22)34-10-7-16-3-2-8-28-16/h6,9,11-14,16-17,25,28H,2-5,7-8,10H2,1H3,(H,30,32). The van der Waals surface area contributed by atoms with Crippen molar-refractivity contribution in [2.24, 2.45) is 0 Å². The van der Waals surface area contributed by atoms with E-state index >= 15 is 0 Å². The molecule has 8 nitrogen and oxygen atoms in total. The van der Waals surface area contributed by atoms with E-state index in [0.29, 0.717) is 35.3 Å². The fourth-order valence-corrected chi connectivity index (χ4v) is 4.38. The molecule has 5 rings (SSSR count). The predicted octanol–water partition coefficient (Wildman–Crippen LogP) is 4.02. The van der Waals surface area contributed by atoms with Gasteiger partial charge in [0.25, 0.3) is 5.91 Å². The van der Waals surface area contributed by atoms with Crippen molar-refractivity contribution in [3.63, 3.8) is 0 Å². The number of fused-ring (bicyclic) bond motifs is 1. The lowest BCUT2D eigenvalue weighted by Gasteiger charge is -2.16. The van der Waals surface area contributed by atoms with Gasteiger partial charge in [-0.2, -0.15) is 8.78 Å². The van der Waals surface area contributed by atoms with Crippen molar-refractivity contribution in [1.29, 1.82) is 0 Å². The van der Waals surface area contributed by atoms with Gasteiger partial charge in [-0.3, -0.25) is 9.20 Å². The monoisotopic (exact) mass is 486 g/mol. The number of nitrogens with zero attached hydrogens (tertiary/aromatic N) is 2. The molecule has 1 aliphatic heterocycles. The lowest BCUT2D eigenvalue weighted by molar-refractivity contribution is -0.0502. The van der Waals surface area contributed by atoms with Gasteiger partial charge in [-0.05, 0) is 56.8 Å². The zero-order chi connectivity index (χ0) is 24.4. The Labute approximate surface area is 201 Å². The Morgan fingerprint density at radius 2 is 2.09 bits per heavy atom. The van der Waals surface area contributed by atoms with Crippen molar-refractivity contribution in [3.05, 3.63) is 42.2 Å². The molecule has 35 heavy (non-hydrogen) atoms. The van der Waals surface area contributed by atoms with Crippen LogP contribution in [0.25, 0.3) is 16.9 Å². The van der Waals surface area contributed by atoms with Crippen molar-refractivity contribution in [2.45, 2.75) is 50.8 Å². The lowest BCUT2D eigenvalue weighted by Crippen LogP contribution is -2.26. The minimum Gasteiger partial charge on any atom is -0.496 e. The maximum absolute atomic E-state index is 13.2. The van der Waals surface area contributed by atoms with E-state index in [1.807, 2.05) is 22.7 Å². The summed E-state index contributed by atoms with van der Waals surface area (Å²) >= 11 is 0. The predicted molar refractivity (Wildman–Crippen MR) is 125 cm³/mol. The summed E-state index contributed by atoms with van der Waals surface area (Å²) in [6, 6.07) is 7.27. The first-order chi connectivity index (χ1) is 17.0. The molecule has 0 radical (unpaired) electrons. The Hall–Kier alpha value is -3.40. The molecule has 2 N–H and O–H groups in total. The van der Waals surface area contributed by atoms with Crippen molar-refractivity contribution < 1.29 is 27.8 Å². The Balaban J connectivity index is 1.42. The number of hydrogen-bond donors (Lipinski definition) is 2. The zero-order valence-corrected chi connectivity index (χ0v) is 19.4. The molecule has 2 aliphatic rings. The van der Waals surface area contributed by atoms with E-state index < -0.39 is 12.5 Å².